The van der Waals surface area contributed by atoms with Gasteiger partial charge in [-0.05, 0) is 95.6 Å². The molecule has 1 aliphatic rings. The Hall–Kier alpha value is -3.33. The zero-order valence-corrected chi connectivity index (χ0v) is 28.6. The van der Waals surface area contributed by atoms with Crippen molar-refractivity contribution in [2.45, 2.75) is 32.7 Å². The smallest absolute Gasteiger partial charge is 0.434 e. The summed E-state index contributed by atoms with van der Waals surface area (Å²) in [6.07, 6.45) is -3.47. The SMILES string of the molecule is CCOC(=O)C1=C(C(F)(F)F)N=c2s/c(=C\c3cc(I)c(OCc4cccc(Cl)c4)c(OCC)c3)c(=O)n2[C@@H]1c1ccc(Cl)cc1. The summed E-state index contributed by atoms with van der Waals surface area (Å²) in [5.74, 6) is -0.326. The average molecular weight is 803 g/mol. The minimum atomic E-state index is -5.01. The van der Waals surface area contributed by atoms with Crippen molar-refractivity contribution in [1.29, 1.82) is 0 Å². The number of thiazole rings is 1. The lowest BCUT2D eigenvalue weighted by atomic mass is 9.95. The minimum Gasteiger partial charge on any atom is -0.490 e. The molecule has 0 unspecified atom stereocenters. The van der Waals surface area contributed by atoms with E-state index >= 15 is 0 Å². The number of aromatic nitrogens is 1. The standard InChI is InChI=1S/C32H24Cl2F3IN2O5S/c1-3-43-23-14-18(13-22(38)27(23)45-16-17-6-5-7-21(34)12-17)15-24-29(41)40-26(19-8-10-20(33)11-9-19)25(30(42)44-4-2)28(32(35,36)37)39-31(40)46-24/h5-15,26H,3-4,16H2,1-2H3/b24-15-/t26-/m1/s1. The number of fused-ring (bicyclic) bond motifs is 1. The Morgan fingerprint density at radius 3 is 2.43 bits per heavy atom. The molecule has 1 aromatic heterocycles. The van der Waals surface area contributed by atoms with Gasteiger partial charge in [0.1, 0.15) is 6.61 Å². The second-order valence-corrected chi connectivity index (χ2v) is 12.8. The molecular formula is C32H24Cl2F3IN2O5S. The first-order chi connectivity index (χ1) is 21.9. The highest BCUT2D eigenvalue weighted by atomic mass is 127. The lowest BCUT2D eigenvalue weighted by Gasteiger charge is -2.26. The van der Waals surface area contributed by atoms with Crippen LogP contribution in [0.5, 0.6) is 11.5 Å². The first-order valence-electron chi connectivity index (χ1n) is 13.8. The topological polar surface area (TPSA) is 79.1 Å². The minimum absolute atomic E-state index is 0.0928. The van der Waals surface area contributed by atoms with Gasteiger partial charge in [0.15, 0.2) is 22.0 Å². The highest BCUT2D eigenvalue weighted by molar-refractivity contribution is 14.1. The van der Waals surface area contributed by atoms with Gasteiger partial charge in [0.25, 0.3) is 5.56 Å². The molecular weight excluding hydrogens is 779 g/mol. The fourth-order valence-corrected chi connectivity index (χ4v) is 6.93. The lowest BCUT2D eigenvalue weighted by molar-refractivity contribution is -0.140. The molecule has 14 heteroatoms. The Morgan fingerprint density at radius 2 is 1.78 bits per heavy atom. The van der Waals surface area contributed by atoms with Crippen LogP contribution >= 0.6 is 57.1 Å². The second-order valence-electron chi connectivity index (χ2n) is 9.80. The molecule has 4 aromatic rings. The zero-order valence-electron chi connectivity index (χ0n) is 24.2. The van der Waals surface area contributed by atoms with Gasteiger partial charge in [0.2, 0.25) is 0 Å². The molecule has 0 spiro atoms. The summed E-state index contributed by atoms with van der Waals surface area (Å²) in [6.45, 7) is 3.67. The third-order valence-electron chi connectivity index (χ3n) is 6.68. The van der Waals surface area contributed by atoms with Crippen LogP contribution in [0.25, 0.3) is 6.08 Å². The quantitative estimate of drug-likeness (QED) is 0.132. The molecule has 3 aromatic carbocycles. The van der Waals surface area contributed by atoms with Crippen LogP contribution in [0.15, 0.2) is 81.7 Å². The van der Waals surface area contributed by atoms with E-state index in [1.54, 1.807) is 24.3 Å². The largest absolute Gasteiger partial charge is 0.490 e. The molecule has 0 radical (unpaired) electrons. The fraction of sp³-hybridized carbons (Fsp3) is 0.219. The zero-order chi connectivity index (χ0) is 33.2. The summed E-state index contributed by atoms with van der Waals surface area (Å²) in [7, 11) is 0. The second kappa shape index (κ2) is 14.2. The maximum absolute atomic E-state index is 14.4. The van der Waals surface area contributed by atoms with E-state index in [4.69, 9.17) is 37.4 Å². The highest BCUT2D eigenvalue weighted by Gasteiger charge is 2.45. The van der Waals surface area contributed by atoms with E-state index in [2.05, 4.69) is 27.6 Å². The number of hydrogen-bond donors (Lipinski definition) is 0. The Kier molecular flexibility index (Phi) is 10.5. The number of alkyl halides is 3. The molecule has 0 aliphatic carbocycles. The van der Waals surface area contributed by atoms with Crippen molar-refractivity contribution in [3.63, 3.8) is 0 Å². The summed E-state index contributed by atoms with van der Waals surface area (Å²) in [5, 5.41) is 0.904. The summed E-state index contributed by atoms with van der Waals surface area (Å²) in [5.41, 5.74) is -1.23. The maximum Gasteiger partial charge on any atom is 0.434 e. The van der Waals surface area contributed by atoms with Crippen LogP contribution in [0, 0.1) is 3.57 Å². The molecule has 0 saturated heterocycles. The molecule has 0 saturated carbocycles. The predicted octanol–water partition coefficient (Wildman–Crippen LogP) is 7.23. The van der Waals surface area contributed by atoms with Crippen LogP contribution in [-0.4, -0.2) is 29.9 Å². The number of allylic oxidation sites excluding steroid dienone is 1. The van der Waals surface area contributed by atoms with E-state index in [0.717, 1.165) is 21.5 Å². The molecule has 240 valence electrons. The van der Waals surface area contributed by atoms with Gasteiger partial charge in [-0.1, -0.05) is 58.8 Å². The Bertz CT molecular complexity index is 2010. The van der Waals surface area contributed by atoms with Crippen molar-refractivity contribution in [3.05, 3.63) is 122 Å². The van der Waals surface area contributed by atoms with E-state index in [0.29, 0.717) is 37.3 Å². The number of hydrogen-bond acceptors (Lipinski definition) is 7. The fourth-order valence-electron chi connectivity index (χ4n) is 4.81. The number of nitrogens with zero attached hydrogens (tertiary/aromatic N) is 2. The first kappa shape index (κ1) is 34.0. The number of rotatable bonds is 9. The van der Waals surface area contributed by atoms with E-state index in [1.807, 2.05) is 19.1 Å². The van der Waals surface area contributed by atoms with E-state index < -0.39 is 35.0 Å². The van der Waals surface area contributed by atoms with Gasteiger partial charge < -0.3 is 14.2 Å². The maximum atomic E-state index is 14.4. The van der Waals surface area contributed by atoms with Crippen molar-refractivity contribution < 1.29 is 32.2 Å². The molecule has 7 nitrogen and oxygen atoms in total. The Balaban J connectivity index is 1.65. The summed E-state index contributed by atoms with van der Waals surface area (Å²) >= 11 is 15.0. The average Bonchev–Trinajstić information content (AvgIpc) is 3.30. The number of carbonyl (C=O) groups is 1. The normalized spacial score (nSPS) is 15.0. The van der Waals surface area contributed by atoms with Gasteiger partial charge in [-0.25, -0.2) is 9.79 Å². The third-order valence-corrected chi connectivity index (χ3v) is 8.95. The first-order valence-corrected chi connectivity index (χ1v) is 16.5. The van der Waals surface area contributed by atoms with Crippen LogP contribution in [0.4, 0.5) is 13.2 Å². The molecule has 0 amide bonds. The van der Waals surface area contributed by atoms with Crippen LogP contribution < -0.4 is 24.4 Å². The predicted molar refractivity (Wildman–Crippen MR) is 178 cm³/mol. The Labute approximate surface area is 288 Å². The van der Waals surface area contributed by atoms with Gasteiger partial charge in [-0.3, -0.25) is 9.36 Å². The molecule has 1 atom stereocenters. The van der Waals surface area contributed by atoms with Crippen LogP contribution in [0.1, 0.15) is 36.6 Å². The number of carbonyl (C=O) groups excluding carboxylic acids is 1. The molecule has 0 N–H and O–H groups in total. The number of ether oxygens (including phenoxy) is 3. The summed E-state index contributed by atoms with van der Waals surface area (Å²) < 4.78 is 61.9. The molecule has 0 bridgehead atoms. The van der Waals surface area contributed by atoms with Crippen molar-refractivity contribution in [2.24, 2.45) is 4.99 Å². The molecule has 0 fully saturated rings. The van der Waals surface area contributed by atoms with Gasteiger partial charge in [0.05, 0.1) is 32.9 Å². The van der Waals surface area contributed by atoms with Crippen molar-refractivity contribution in [2.75, 3.05) is 13.2 Å². The van der Waals surface area contributed by atoms with E-state index in [9.17, 15) is 22.8 Å². The molecule has 1 aliphatic heterocycles. The summed E-state index contributed by atoms with van der Waals surface area (Å²) in [4.78, 5) is 30.5. The van der Waals surface area contributed by atoms with E-state index in [-0.39, 0.29) is 28.1 Å². The van der Waals surface area contributed by atoms with Gasteiger partial charge in [-0.2, -0.15) is 13.2 Å². The lowest BCUT2D eigenvalue weighted by Crippen LogP contribution is -2.41. The molecule has 5 rings (SSSR count). The number of halogens is 6. The highest BCUT2D eigenvalue weighted by Crippen LogP contribution is 2.39. The third kappa shape index (κ3) is 7.29. The number of esters is 1. The van der Waals surface area contributed by atoms with E-state index in [1.165, 1.54) is 37.3 Å². The van der Waals surface area contributed by atoms with Crippen LogP contribution in [0.3, 0.4) is 0 Å². The van der Waals surface area contributed by atoms with Gasteiger partial charge in [-0.15, -0.1) is 0 Å². The van der Waals surface area contributed by atoms with Crippen molar-refractivity contribution in [1.82, 2.24) is 4.57 Å². The van der Waals surface area contributed by atoms with Crippen molar-refractivity contribution >= 4 is 69.2 Å². The van der Waals surface area contributed by atoms with Gasteiger partial charge in [0, 0.05) is 10.0 Å². The molecule has 2 heterocycles. The van der Waals surface area contributed by atoms with Gasteiger partial charge >= 0.3 is 12.1 Å². The van der Waals surface area contributed by atoms with Crippen LogP contribution in [0.2, 0.25) is 10.0 Å². The Morgan fingerprint density at radius 1 is 1.04 bits per heavy atom. The van der Waals surface area contributed by atoms with Crippen LogP contribution in [-0.2, 0) is 16.1 Å². The van der Waals surface area contributed by atoms with Crippen molar-refractivity contribution in [3.8, 4) is 11.5 Å². The number of benzene rings is 3. The molecule has 46 heavy (non-hydrogen) atoms. The monoisotopic (exact) mass is 802 g/mol. The summed E-state index contributed by atoms with van der Waals surface area (Å²) in [6, 6.07) is 15.1.